The highest BCUT2D eigenvalue weighted by molar-refractivity contribution is 6.43. The second-order valence-electron chi connectivity index (χ2n) is 5.73. The average Bonchev–Trinajstić information content (AvgIpc) is 2.51. The molecule has 2 aromatic rings. The molecule has 4 nitrogen and oxygen atoms in total. The van der Waals surface area contributed by atoms with Gasteiger partial charge in [0.05, 0.1) is 5.69 Å². The van der Waals surface area contributed by atoms with E-state index in [1.54, 1.807) is 0 Å². The number of carbonyl (C=O) groups excluding carboxylic acids is 2. The molecule has 6 heteroatoms. The van der Waals surface area contributed by atoms with Crippen LogP contribution in [0, 0.1) is 18.6 Å². The molecule has 0 fully saturated rings. The standard InChI is InChI=1S/C18H18F2N2O2/c1-10(2)13-6-4-5-11(3)16(13)22-18(24)17(23)21-15-8-7-12(19)9-14(15)20/h4-10H,1-3H3,(H,21,23)(H,22,24). The van der Waals surface area contributed by atoms with Gasteiger partial charge in [0, 0.05) is 11.8 Å². The maximum absolute atomic E-state index is 13.5. The molecule has 0 radical (unpaired) electrons. The van der Waals surface area contributed by atoms with Gasteiger partial charge < -0.3 is 10.6 Å². The molecule has 0 unspecified atom stereocenters. The van der Waals surface area contributed by atoms with Crippen LogP contribution in [0.3, 0.4) is 0 Å². The molecule has 0 bridgehead atoms. The van der Waals surface area contributed by atoms with Crippen LogP contribution in [0.2, 0.25) is 0 Å². The summed E-state index contributed by atoms with van der Waals surface area (Å²) in [5.41, 5.74) is 2.01. The van der Waals surface area contributed by atoms with Gasteiger partial charge in [0.25, 0.3) is 0 Å². The molecule has 126 valence electrons. The number of hydrogen-bond donors (Lipinski definition) is 2. The van der Waals surface area contributed by atoms with Crippen LogP contribution in [-0.4, -0.2) is 11.8 Å². The number of amides is 2. The minimum absolute atomic E-state index is 0.151. The highest BCUT2D eigenvalue weighted by Crippen LogP contribution is 2.27. The van der Waals surface area contributed by atoms with Crippen LogP contribution in [0.25, 0.3) is 0 Å². The molecular weight excluding hydrogens is 314 g/mol. The molecule has 0 heterocycles. The summed E-state index contributed by atoms with van der Waals surface area (Å²) in [6, 6.07) is 8.24. The number of rotatable bonds is 3. The first kappa shape index (κ1) is 17.6. The summed E-state index contributed by atoms with van der Waals surface area (Å²) in [6.45, 7) is 5.76. The molecule has 2 N–H and O–H groups in total. The first-order chi connectivity index (χ1) is 11.3. The normalized spacial score (nSPS) is 10.6. The maximum Gasteiger partial charge on any atom is 0.314 e. The van der Waals surface area contributed by atoms with E-state index in [2.05, 4.69) is 10.6 Å². The van der Waals surface area contributed by atoms with Gasteiger partial charge in [0.15, 0.2) is 0 Å². The van der Waals surface area contributed by atoms with Crippen LogP contribution >= 0.6 is 0 Å². The van der Waals surface area contributed by atoms with Gasteiger partial charge in [-0.15, -0.1) is 0 Å². The van der Waals surface area contributed by atoms with Crippen LogP contribution in [0.15, 0.2) is 36.4 Å². The SMILES string of the molecule is Cc1cccc(C(C)C)c1NC(=O)C(=O)Nc1ccc(F)cc1F. The Morgan fingerprint density at radius 2 is 1.67 bits per heavy atom. The van der Waals surface area contributed by atoms with Crippen molar-refractivity contribution in [1.29, 1.82) is 0 Å². The van der Waals surface area contributed by atoms with E-state index < -0.39 is 23.4 Å². The Bertz CT molecular complexity index is 789. The zero-order chi connectivity index (χ0) is 17.9. The van der Waals surface area contributed by atoms with Crippen molar-refractivity contribution in [1.82, 2.24) is 0 Å². The third-order valence-corrected chi connectivity index (χ3v) is 3.55. The zero-order valence-corrected chi connectivity index (χ0v) is 13.6. The van der Waals surface area contributed by atoms with Crippen molar-refractivity contribution >= 4 is 23.2 Å². The smallest absolute Gasteiger partial charge is 0.314 e. The van der Waals surface area contributed by atoms with Crippen LogP contribution in [0.1, 0.15) is 30.9 Å². The monoisotopic (exact) mass is 332 g/mol. The van der Waals surface area contributed by atoms with Crippen molar-refractivity contribution in [2.45, 2.75) is 26.7 Å². The van der Waals surface area contributed by atoms with E-state index in [0.29, 0.717) is 11.8 Å². The highest BCUT2D eigenvalue weighted by Gasteiger charge is 2.19. The van der Waals surface area contributed by atoms with Gasteiger partial charge >= 0.3 is 11.8 Å². The summed E-state index contributed by atoms with van der Waals surface area (Å²) in [5.74, 6) is -3.52. The van der Waals surface area contributed by atoms with Crippen molar-refractivity contribution in [3.63, 3.8) is 0 Å². The molecule has 0 aliphatic heterocycles. The number of para-hydroxylation sites is 1. The first-order valence-corrected chi connectivity index (χ1v) is 7.46. The number of anilines is 2. The lowest BCUT2D eigenvalue weighted by molar-refractivity contribution is -0.133. The van der Waals surface area contributed by atoms with E-state index in [-0.39, 0.29) is 11.6 Å². The predicted molar refractivity (Wildman–Crippen MR) is 88.9 cm³/mol. The number of halogens is 2. The van der Waals surface area contributed by atoms with E-state index in [4.69, 9.17) is 0 Å². The van der Waals surface area contributed by atoms with E-state index in [0.717, 1.165) is 23.3 Å². The van der Waals surface area contributed by atoms with Crippen molar-refractivity contribution < 1.29 is 18.4 Å². The van der Waals surface area contributed by atoms with Gasteiger partial charge in [-0.25, -0.2) is 8.78 Å². The maximum atomic E-state index is 13.5. The topological polar surface area (TPSA) is 58.2 Å². The van der Waals surface area contributed by atoms with Gasteiger partial charge in [-0.3, -0.25) is 9.59 Å². The number of benzene rings is 2. The molecule has 2 rings (SSSR count). The summed E-state index contributed by atoms with van der Waals surface area (Å²) in [6.07, 6.45) is 0. The fourth-order valence-electron chi connectivity index (χ4n) is 2.28. The summed E-state index contributed by atoms with van der Waals surface area (Å²) in [5, 5.41) is 4.70. The molecule has 0 saturated carbocycles. The minimum Gasteiger partial charge on any atom is -0.317 e. The van der Waals surface area contributed by atoms with Crippen molar-refractivity contribution in [2.24, 2.45) is 0 Å². The predicted octanol–water partition coefficient (Wildman–Crippen LogP) is 3.97. The third kappa shape index (κ3) is 3.95. The second-order valence-corrected chi connectivity index (χ2v) is 5.73. The van der Waals surface area contributed by atoms with Crippen molar-refractivity contribution in [3.8, 4) is 0 Å². The lowest BCUT2D eigenvalue weighted by Gasteiger charge is -2.16. The van der Waals surface area contributed by atoms with Crippen LogP contribution in [0.5, 0.6) is 0 Å². The minimum atomic E-state index is -1.03. The Balaban J connectivity index is 2.17. The molecule has 24 heavy (non-hydrogen) atoms. The highest BCUT2D eigenvalue weighted by atomic mass is 19.1. The van der Waals surface area contributed by atoms with Gasteiger partial charge in [-0.05, 0) is 36.1 Å². The molecular formula is C18H18F2N2O2. The van der Waals surface area contributed by atoms with Gasteiger partial charge in [0.1, 0.15) is 11.6 Å². The van der Waals surface area contributed by atoms with Crippen molar-refractivity contribution in [3.05, 3.63) is 59.2 Å². The number of aryl methyl sites for hydroxylation is 1. The summed E-state index contributed by atoms with van der Waals surface area (Å²) >= 11 is 0. The Morgan fingerprint density at radius 1 is 1.00 bits per heavy atom. The second kappa shape index (κ2) is 7.21. The largest absolute Gasteiger partial charge is 0.317 e. The van der Waals surface area contributed by atoms with E-state index in [1.807, 2.05) is 39.0 Å². The molecule has 0 atom stereocenters. The Labute approximate surface area is 138 Å². The number of carbonyl (C=O) groups is 2. The van der Waals surface area contributed by atoms with Crippen LogP contribution < -0.4 is 10.6 Å². The fraction of sp³-hybridized carbons (Fsp3) is 0.222. The molecule has 0 spiro atoms. The average molecular weight is 332 g/mol. The lowest BCUT2D eigenvalue weighted by Crippen LogP contribution is -2.30. The van der Waals surface area contributed by atoms with E-state index in [1.165, 1.54) is 0 Å². The Kier molecular flexibility index (Phi) is 5.28. The molecule has 2 amide bonds. The third-order valence-electron chi connectivity index (χ3n) is 3.55. The van der Waals surface area contributed by atoms with Gasteiger partial charge in [0.2, 0.25) is 0 Å². The van der Waals surface area contributed by atoms with Crippen LogP contribution in [0.4, 0.5) is 20.2 Å². The molecule has 0 aromatic heterocycles. The van der Waals surface area contributed by atoms with Gasteiger partial charge in [-0.2, -0.15) is 0 Å². The zero-order valence-electron chi connectivity index (χ0n) is 13.6. The van der Waals surface area contributed by atoms with E-state index in [9.17, 15) is 18.4 Å². The van der Waals surface area contributed by atoms with Gasteiger partial charge in [-0.1, -0.05) is 32.0 Å². The Morgan fingerprint density at radius 3 is 2.29 bits per heavy atom. The lowest BCUT2D eigenvalue weighted by atomic mass is 9.98. The summed E-state index contributed by atoms with van der Waals surface area (Å²) in [4.78, 5) is 24.1. The summed E-state index contributed by atoms with van der Waals surface area (Å²) in [7, 11) is 0. The molecule has 0 aliphatic carbocycles. The van der Waals surface area contributed by atoms with Crippen molar-refractivity contribution in [2.75, 3.05) is 10.6 Å². The first-order valence-electron chi connectivity index (χ1n) is 7.46. The summed E-state index contributed by atoms with van der Waals surface area (Å²) < 4.78 is 26.4. The number of hydrogen-bond acceptors (Lipinski definition) is 2. The number of nitrogens with one attached hydrogen (secondary N) is 2. The molecule has 0 aliphatic rings. The fourth-order valence-corrected chi connectivity index (χ4v) is 2.28. The van der Waals surface area contributed by atoms with Crippen LogP contribution in [-0.2, 0) is 9.59 Å². The molecule has 0 saturated heterocycles. The molecule has 2 aromatic carbocycles. The van der Waals surface area contributed by atoms with E-state index >= 15 is 0 Å². The quantitative estimate of drug-likeness (QED) is 0.836. The Hall–Kier alpha value is -2.76.